The van der Waals surface area contributed by atoms with E-state index in [1.165, 1.54) is 7.11 Å². The predicted octanol–water partition coefficient (Wildman–Crippen LogP) is 0.134. The maximum atomic E-state index is 11.2. The lowest BCUT2D eigenvalue weighted by molar-refractivity contribution is -0.146. The maximum absolute atomic E-state index is 11.2. The smallest absolute Gasteiger partial charge is 0.312 e. The fraction of sp³-hybridized carbons (Fsp3) is 0.500. The number of fused-ring (bicyclic) bond motifs is 1. The molecule has 0 aliphatic carbocycles. The molecule has 1 aliphatic heterocycles. The second kappa shape index (κ2) is 3.08. The third kappa shape index (κ3) is 1.37. The summed E-state index contributed by atoms with van der Waals surface area (Å²) in [6.45, 7) is 0.374. The van der Waals surface area contributed by atoms with Gasteiger partial charge in [-0.3, -0.25) is 9.89 Å². The lowest BCUT2D eigenvalue weighted by atomic mass is 10.0. The molecule has 0 aromatic carbocycles. The van der Waals surface area contributed by atoms with Crippen LogP contribution in [0.2, 0.25) is 0 Å². The van der Waals surface area contributed by atoms with Gasteiger partial charge in [0.15, 0.2) is 5.75 Å². The molecule has 0 saturated carbocycles. The highest BCUT2D eigenvalue weighted by atomic mass is 16.5. The zero-order valence-electron chi connectivity index (χ0n) is 7.24. The van der Waals surface area contributed by atoms with Crippen molar-refractivity contribution in [2.24, 2.45) is 5.92 Å². The quantitative estimate of drug-likeness (QED) is 0.627. The Hall–Kier alpha value is -1.52. The van der Waals surface area contributed by atoms with Crippen LogP contribution in [0, 0.1) is 5.92 Å². The van der Waals surface area contributed by atoms with E-state index in [4.69, 9.17) is 4.74 Å². The van der Waals surface area contributed by atoms with Crippen LogP contribution in [0.5, 0.6) is 5.75 Å². The molecule has 13 heavy (non-hydrogen) atoms. The van der Waals surface area contributed by atoms with Crippen molar-refractivity contribution in [2.75, 3.05) is 13.7 Å². The molecule has 0 radical (unpaired) electrons. The van der Waals surface area contributed by atoms with Gasteiger partial charge < -0.3 is 9.47 Å². The largest absolute Gasteiger partial charge is 0.489 e. The second-order valence-electron chi connectivity index (χ2n) is 2.95. The zero-order valence-corrected chi connectivity index (χ0v) is 7.24. The van der Waals surface area contributed by atoms with E-state index < -0.39 is 0 Å². The van der Waals surface area contributed by atoms with Crippen LogP contribution >= 0.6 is 0 Å². The molecule has 1 N–H and O–H groups in total. The minimum Gasteiger partial charge on any atom is -0.489 e. The Labute approximate surface area is 75.0 Å². The standard InChI is InChI=1S/C8H10N2O3/c1-12-8(11)5-2-6-7(13-4-5)3-9-10-6/h3,5H,2,4H2,1H3,(H,9,10). The van der Waals surface area contributed by atoms with Crippen LogP contribution in [0.4, 0.5) is 0 Å². The lowest BCUT2D eigenvalue weighted by Gasteiger charge is -2.19. The number of nitrogens with zero attached hydrogens (tertiary/aromatic N) is 1. The SMILES string of the molecule is COC(=O)C1COc2cn[nH]c2C1. The van der Waals surface area contributed by atoms with Crippen molar-refractivity contribution in [2.45, 2.75) is 6.42 Å². The summed E-state index contributed by atoms with van der Waals surface area (Å²) in [6.07, 6.45) is 2.23. The number of aromatic nitrogens is 2. The van der Waals surface area contributed by atoms with Gasteiger partial charge in [-0.25, -0.2) is 0 Å². The van der Waals surface area contributed by atoms with E-state index in [1.807, 2.05) is 0 Å². The van der Waals surface area contributed by atoms with Gasteiger partial charge in [-0.1, -0.05) is 0 Å². The third-order valence-corrected chi connectivity index (χ3v) is 2.10. The number of hydrogen-bond acceptors (Lipinski definition) is 4. The average Bonchev–Trinajstić information content (AvgIpc) is 2.63. The van der Waals surface area contributed by atoms with Gasteiger partial charge >= 0.3 is 5.97 Å². The van der Waals surface area contributed by atoms with Crippen LogP contribution in [0.3, 0.4) is 0 Å². The lowest BCUT2D eigenvalue weighted by Crippen LogP contribution is -2.28. The van der Waals surface area contributed by atoms with Crippen LogP contribution in [-0.2, 0) is 16.0 Å². The fourth-order valence-electron chi connectivity index (χ4n) is 1.39. The highest BCUT2D eigenvalue weighted by Gasteiger charge is 2.27. The van der Waals surface area contributed by atoms with Crippen molar-refractivity contribution in [3.63, 3.8) is 0 Å². The number of H-pyrrole nitrogens is 1. The highest BCUT2D eigenvalue weighted by Crippen LogP contribution is 2.24. The second-order valence-corrected chi connectivity index (χ2v) is 2.95. The van der Waals surface area contributed by atoms with Gasteiger partial charge in [0.1, 0.15) is 6.61 Å². The summed E-state index contributed by atoms with van der Waals surface area (Å²) in [6, 6.07) is 0. The fourth-order valence-corrected chi connectivity index (χ4v) is 1.39. The molecule has 70 valence electrons. The molecule has 2 rings (SSSR count). The summed E-state index contributed by atoms with van der Waals surface area (Å²) < 4.78 is 9.93. The Morgan fingerprint density at radius 1 is 1.85 bits per heavy atom. The predicted molar refractivity (Wildman–Crippen MR) is 43.3 cm³/mol. The molecule has 0 spiro atoms. The maximum Gasteiger partial charge on any atom is 0.312 e. The highest BCUT2D eigenvalue weighted by molar-refractivity contribution is 5.73. The van der Waals surface area contributed by atoms with E-state index in [2.05, 4.69) is 14.9 Å². The molecule has 2 heterocycles. The van der Waals surface area contributed by atoms with Gasteiger partial charge in [-0.05, 0) is 0 Å². The number of nitrogens with one attached hydrogen (secondary N) is 1. The van der Waals surface area contributed by atoms with Gasteiger partial charge in [-0.15, -0.1) is 0 Å². The van der Waals surface area contributed by atoms with Crippen LogP contribution in [0.25, 0.3) is 0 Å². The van der Waals surface area contributed by atoms with Gasteiger partial charge in [0.25, 0.3) is 0 Å². The van der Waals surface area contributed by atoms with Crippen molar-refractivity contribution in [1.29, 1.82) is 0 Å². The van der Waals surface area contributed by atoms with E-state index in [-0.39, 0.29) is 11.9 Å². The van der Waals surface area contributed by atoms with Gasteiger partial charge in [-0.2, -0.15) is 5.10 Å². The topological polar surface area (TPSA) is 64.2 Å². The molecule has 0 saturated heterocycles. The van der Waals surface area contributed by atoms with Crippen LogP contribution < -0.4 is 4.74 Å². The van der Waals surface area contributed by atoms with Gasteiger partial charge in [0.2, 0.25) is 0 Å². The average molecular weight is 182 g/mol. The molecule has 5 nitrogen and oxygen atoms in total. The molecule has 0 bridgehead atoms. The number of esters is 1. The first-order chi connectivity index (χ1) is 6.31. The molecular formula is C8H10N2O3. The molecule has 1 atom stereocenters. The molecular weight excluding hydrogens is 172 g/mol. The van der Waals surface area contributed by atoms with Crippen molar-refractivity contribution in [3.8, 4) is 5.75 Å². The molecule has 1 aliphatic rings. The number of aromatic amines is 1. The first kappa shape index (κ1) is 8.10. The summed E-state index contributed by atoms with van der Waals surface area (Å²) in [7, 11) is 1.38. The monoisotopic (exact) mass is 182 g/mol. The Morgan fingerprint density at radius 2 is 2.69 bits per heavy atom. The molecule has 5 heteroatoms. The van der Waals surface area contributed by atoms with E-state index in [0.717, 1.165) is 11.4 Å². The van der Waals surface area contributed by atoms with Crippen LogP contribution in [0.15, 0.2) is 6.20 Å². The minimum absolute atomic E-state index is 0.210. The molecule has 0 amide bonds. The van der Waals surface area contributed by atoms with Crippen molar-refractivity contribution in [1.82, 2.24) is 10.2 Å². The Bertz CT molecular complexity index is 321. The van der Waals surface area contributed by atoms with E-state index in [0.29, 0.717) is 13.0 Å². The van der Waals surface area contributed by atoms with Crippen LogP contribution in [-0.4, -0.2) is 29.9 Å². The molecule has 1 unspecified atom stereocenters. The molecule has 1 aromatic heterocycles. The van der Waals surface area contributed by atoms with Crippen molar-refractivity contribution < 1.29 is 14.3 Å². The van der Waals surface area contributed by atoms with Gasteiger partial charge in [0.05, 0.1) is 24.9 Å². The summed E-state index contributed by atoms with van der Waals surface area (Å²) >= 11 is 0. The van der Waals surface area contributed by atoms with E-state index in [9.17, 15) is 4.79 Å². The number of rotatable bonds is 1. The van der Waals surface area contributed by atoms with Crippen LogP contribution in [0.1, 0.15) is 5.69 Å². The first-order valence-electron chi connectivity index (χ1n) is 4.04. The molecule has 0 fully saturated rings. The van der Waals surface area contributed by atoms with Crippen molar-refractivity contribution in [3.05, 3.63) is 11.9 Å². The number of ether oxygens (including phenoxy) is 2. The Morgan fingerprint density at radius 3 is 3.46 bits per heavy atom. The first-order valence-corrected chi connectivity index (χ1v) is 4.04. The number of carbonyl (C=O) groups is 1. The van der Waals surface area contributed by atoms with Crippen molar-refractivity contribution >= 4 is 5.97 Å². The number of hydrogen-bond donors (Lipinski definition) is 1. The van der Waals surface area contributed by atoms with E-state index in [1.54, 1.807) is 6.20 Å². The summed E-state index contributed by atoms with van der Waals surface area (Å²) in [5, 5.41) is 6.61. The van der Waals surface area contributed by atoms with E-state index >= 15 is 0 Å². The normalized spacial score (nSPS) is 20.2. The Kier molecular flexibility index (Phi) is 1.92. The summed E-state index contributed by atoms with van der Waals surface area (Å²) in [5.41, 5.74) is 0.863. The zero-order chi connectivity index (χ0) is 9.26. The minimum atomic E-state index is -0.236. The summed E-state index contributed by atoms with van der Waals surface area (Å²) in [5.74, 6) is 0.290. The van der Waals surface area contributed by atoms with Gasteiger partial charge in [0, 0.05) is 6.42 Å². The summed E-state index contributed by atoms with van der Waals surface area (Å²) in [4.78, 5) is 11.2. The number of carbonyl (C=O) groups excluding carboxylic acids is 1. The third-order valence-electron chi connectivity index (χ3n) is 2.10. The Balaban J connectivity index is 2.13. The number of methoxy groups -OCH3 is 1. The molecule has 1 aromatic rings.